The fourth-order valence-electron chi connectivity index (χ4n) is 2.71. The number of benzene rings is 1. The van der Waals surface area contributed by atoms with Crippen LogP contribution in [-0.2, 0) is 12.8 Å². The third-order valence-corrected chi connectivity index (χ3v) is 3.97. The van der Waals surface area contributed by atoms with Crippen LogP contribution in [0, 0.1) is 17.0 Å². The van der Waals surface area contributed by atoms with Crippen molar-refractivity contribution in [1.82, 2.24) is 19.9 Å². The van der Waals surface area contributed by atoms with Gasteiger partial charge in [0.15, 0.2) is 5.69 Å². The first-order valence-electron chi connectivity index (χ1n) is 8.43. The zero-order chi connectivity index (χ0) is 18.5. The second kappa shape index (κ2) is 7.73. The van der Waals surface area contributed by atoms with Crippen molar-refractivity contribution in [3.63, 3.8) is 0 Å². The van der Waals surface area contributed by atoms with Gasteiger partial charge in [0.25, 0.3) is 0 Å². The highest BCUT2D eigenvalue weighted by Crippen LogP contribution is 2.30. The molecule has 0 radical (unpaired) electrons. The Labute approximate surface area is 150 Å². The monoisotopic (exact) mass is 352 g/mol. The van der Waals surface area contributed by atoms with E-state index < -0.39 is 4.92 Å². The molecule has 1 aromatic carbocycles. The number of nitrogens with zero attached hydrogens (tertiary/aromatic N) is 4. The van der Waals surface area contributed by atoms with Gasteiger partial charge in [-0.2, -0.15) is 0 Å². The summed E-state index contributed by atoms with van der Waals surface area (Å²) in [6.45, 7) is 4.26. The van der Waals surface area contributed by atoms with Crippen molar-refractivity contribution < 1.29 is 4.92 Å². The van der Waals surface area contributed by atoms with Gasteiger partial charge < -0.3 is 10.3 Å². The van der Waals surface area contributed by atoms with E-state index in [4.69, 9.17) is 0 Å². The predicted molar refractivity (Wildman–Crippen MR) is 99.0 cm³/mol. The Balaban J connectivity index is 1.90. The van der Waals surface area contributed by atoms with Crippen LogP contribution in [-0.4, -0.2) is 31.4 Å². The minimum absolute atomic E-state index is 0.0789. The highest BCUT2D eigenvalue weighted by atomic mass is 16.6. The summed E-state index contributed by atoms with van der Waals surface area (Å²) in [5.74, 6) is 1.05. The van der Waals surface area contributed by atoms with Crippen LogP contribution in [0.1, 0.15) is 24.0 Å². The Hall–Kier alpha value is -3.29. The van der Waals surface area contributed by atoms with Crippen LogP contribution in [0.5, 0.6) is 0 Å². The zero-order valence-corrected chi connectivity index (χ0v) is 14.7. The lowest BCUT2D eigenvalue weighted by Gasteiger charge is -2.09. The van der Waals surface area contributed by atoms with Crippen LogP contribution in [0.4, 0.5) is 11.6 Å². The molecule has 0 saturated heterocycles. The van der Waals surface area contributed by atoms with E-state index in [2.05, 4.69) is 37.4 Å². The number of anilines is 1. The molecule has 0 fully saturated rings. The summed E-state index contributed by atoms with van der Waals surface area (Å²) in [5, 5.41) is 14.7. The van der Waals surface area contributed by atoms with Crippen molar-refractivity contribution in [2.75, 3.05) is 11.9 Å². The third-order valence-electron chi connectivity index (χ3n) is 3.97. The fraction of sp³-hybridized carbons (Fsp3) is 0.278. The van der Waals surface area contributed by atoms with E-state index in [0.29, 0.717) is 36.1 Å². The number of aromatic amines is 1. The molecule has 134 valence electrons. The molecule has 26 heavy (non-hydrogen) atoms. The standard InChI is InChI=1S/C18H20N6O2/c1-3-14-17(24(25)26)16(15-11-20-12(2)21-15)23-18(22-14)19-10-9-13-7-5-4-6-8-13/h4-8,11H,3,9-10H2,1-2H3,(H,20,21)(H,19,22,23). The number of aromatic nitrogens is 4. The summed E-state index contributed by atoms with van der Waals surface area (Å²) in [4.78, 5) is 27.0. The maximum Gasteiger partial charge on any atom is 0.318 e. The molecule has 3 aromatic rings. The van der Waals surface area contributed by atoms with Gasteiger partial charge in [-0.3, -0.25) is 10.1 Å². The van der Waals surface area contributed by atoms with E-state index in [9.17, 15) is 10.1 Å². The Kier molecular flexibility index (Phi) is 5.21. The lowest BCUT2D eigenvalue weighted by atomic mass is 10.1. The highest BCUT2D eigenvalue weighted by Gasteiger charge is 2.25. The maximum absolute atomic E-state index is 11.6. The summed E-state index contributed by atoms with van der Waals surface area (Å²) >= 11 is 0. The van der Waals surface area contributed by atoms with Gasteiger partial charge in [-0.15, -0.1) is 0 Å². The number of rotatable bonds is 7. The van der Waals surface area contributed by atoms with E-state index in [1.165, 1.54) is 5.56 Å². The summed E-state index contributed by atoms with van der Waals surface area (Å²) in [5.41, 5.74) is 2.28. The smallest absolute Gasteiger partial charge is 0.318 e. The van der Waals surface area contributed by atoms with Gasteiger partial charge in [0, 0.05) is 6.54 Å². The van der Waals surface area contributed by atoms with E-state index in [0.717, 1.165) is 6.42 Å². The van der Waals surface area contributed by atoms with Crippen LogP contribution < -0.4 is 5.32 Å². The molecule has 0 aliphatic rings. The highest BCUT2D eigenvalue weighted by molar-refractivity contribution is 5.69. The minimum atomic E-state index is -0.432. The Morgan fingerprint density at radius 1 is 1.23 bits per heavy atom. The molecular weight excluding hydrogens is 332 g/mol. The van der Waals surface area contributed by atoms with Gasteiger partial charge in [0.2, 0.25) is 5.95 Å². The SMILES string of the molecule is CCc1nc(NCCc2ccccc2)nc(-c2cnc(C)[nH]2)c1[N+](=O)[O-]. The molecule has 0 bridgehead atoms. The predicted octanol–water partition coefficient (Wildman–Crippen LogP) is 3.30. The van der Waals surface area contributed by atoms with E-state index in [1.54, 1.807) is 13.1 Å². The van der Waals surface area contributed by atoms with Crippen LogP contribution in [0.25, 0.3) is 11.4 Å². The second-order valence-electron chi connectivity index (χ2n) is 5.85. The molecule has 0 aliphatic heterocycles. The first-order valence-corrected chi connectivity index (χ1v) is 8.43. The molecule has 0 saturated carbocycles. The van der Waals surface area contributed by atoms with E-state index in [1.807, 2.05) is 25.1 Å². The summed E-state index contributed by atoms with van der Waals surface area (Å²) < 4.78 is 0. The topological polar surface area (TPSA) is 110 Å². The summed E-state index contributed by atoms with van der Waals surface area (Å²) in [6.07, 6.45) is 2.80. The van der Waals surface area contributed by atoms with Gasteiger partial charge in [0.1, 0.15) is 11.5 Å². The molecule has 0 aliphatic carbocycles. The largest absolute Gasteiger partial charge is 0.354 e. The molecule has 0 atom stereocenters. The number of nitro groups is 1. The molecule has 0 amide bonds. The molecule has 8 nitrogen and oxygen atoms in total. The summed E-state index contributed by atoms with van der Waals surface area (Å²) in [6, 6.07) is 10.1. The molecular formula is C18H20N6O2. The first kappa shape index (κ1) is 17.5. The molecule has 8 heteroatoms. The Morgan fingerprint density at radius 3 is 2.62 bits per heavy atom. The van der Waals surface area contributed by atoms with Gasteiger partial charge in [-0.1, -0.05) is 37.3 Å². The lowest BCUT2D eigenvalue weighted by molar-refractivity contribution is -0.385. The average molecular weight is 352 g/mol. The Bertz CT molecular complexity index is 907. The number of H-pyrrole nitrogens is 1. The van der Waals surface area contributed by atoms with Crippen molar-refractivity contribution in [2.24, 2.45) is 0 Å². The van der Waals surface area contributed by atoms with Crippen molar-refractivity contribution >= 4 is 11.6 Å². The second-order valence-corrected chi connectivity index (χ2v) is 5.85. The zero-order valence-electron chi connectivity index (χ0n) is 14.7. The van der Waals surface area contributed by atoms with Crippen LogP contribution in [0.3, 0.4) is 0 Å². The van der Waals surface area contributed by atoms with E-state index in [-0.39, 0.29) is 11.4 Å². The van der Waals surface area contributed by atoms with Gasteiger partial charge >= 0.3 is 5.69 Å². The summed E-state index contributed by atoms with van der Waals surface area (Å²) in [7, 11) is 0. The number of hydrogen-bond acceptors (Lipinski definition) is 6. The number of hydrogen-bond donors (Lipinski definition) is 2. The van der Waals surface area contributed by atoms with Crippen molar-refractivity contribution in [3.05, 3.63) is 63.7 Å². The maximum atomic E-state index is 11.6. The first-order chi connectivity index (χ1) is 12.6. The molecule has 0 spiro atoms. The number of imidazole rings is 1. The third kappa shape index (κ3) is 3.85. The molecule has 0 unspecified atom stereocenters. The van der Waals surface area contributed by atoms with Gasteiger partial charge in [-0.25, -0.2) is 15.0 Å². The molecule has 2 heterocycles. The molecule has 2 N–H and O–H groups in total. The quantitative estimate of drug-likeness (QED) is 0.499. The number of aryl methyl sites for hydroxylation is 2. The van der Waals surface area contributed by atoms with Gasteiger partial charge in [-0.05, 0) is 25.3 Å². The van der Waals surface area contributed by atoms with Crippen molar-refractivity contribution in [3.8, 4) is 11.4 Å². The van der Waals surface area contributed by atoms with E-state index >= 15 is 0 Å². The van der Waals surface area contributed by atoms with Crippen molar-refractivity contribution in [1.29, 1.82) is 0 Å². The minimum Gasteiger partial charge on any atom is -0.354 e. The van der Waals surface area contributed by atoms with Crippen molar-refractivity contribution in [2.45, 2.75) is 26.7 Å². The fourth-order valence-corrected chi connectivity index (χ4v) is 2.71. The molecule has 2 aromatic heterocycles. The Morgan fingerprint density at radius 2 is 2.00 bits per heavy atom. The van der Waals surface area contributed by atoms with Crippen LogP contribution >= 0.6 is 0 Å². The van der Waals surface area contributed by atoms with Gasteiger partial charge in [0.05, 0.1) is 16.8 Å². The van der Waals surface area contributed by atoms with Crippen LogP contribution in [0.2, 0.25) is 0 Å². The average Bonchev–Trinajstić information content (AvgIpc) is 3.08. The lowest BCUT2D eigenvalue weighted by Crippen LogP contribution is -2.11. The molecule has 3 rings (SSSR count). The van der Waals surface area contributed by atoms with Crippen LogP contribution in [0.15, 0.2) is 36.5 Å². The number of nitrogens with one attached hydrogen (secondary N) is 2. The normalized spacial score (nSPS) is 10.7.